The van der Waals surface area contributed by atoms with Gasteiger partial charge in [0.15, 0.2) is 0 Å². The van der Waals surface area contributed by atoms with Crippen LogP contribution in [0.5, 0.6) is 0 Å². The van der Waals surface area contributed by atoms with Gasteiger partial charge in [0.1, 0.15) is 18.1 Å². The molecule has 0 heterocycles. The molecule has 2 bridgehead atoms. The number of esters is 3. The quantitative estimate of drug-likeness (QED) is 0.168. The Kier molecular flexibility index (Phi) is 11.0. The lowest BCUT2D eigenvalue weighted by atomic mass is 9.70. The molecule has 7 atom stereocenters. The molecule has 0 amide bonds. The molecule has 0 spiro atoms. The number of carboxylic acid groups (broad SMARTS) is 1. The third-order valence-electron chi connectivity index (χ3n) is 9.41. The van der Waals surface area contributed by atoms with Crippen LogP contribution in [0.1, 0.15) is 106 Å². The largest absolute Gasteiger partial charge is 0.481 e. The van der Waals surface area contributed by atoms with Gasteiger partial charge in [-0.3, -0.25) is 19.2 Å². The van der Waals surface area contributed by atoms with Gasteiger partial charge >= 0.3 is 23.9 Å². The molecule has 7 unspecified atom stereocenters. The first-order chi connectivity index (χ1) is 17.3. The number of fused-ring (bicyclic) bond motifs is 2. The first-order valence-corrected chi connectivity index (χ1v) is 14.1. The number of carbonyl (C=O) groups is 4. The Balaban J connectivity index is 2.04. The van der Waals surface area contributed by atoms with Crippen molar-refractivity contribution < 1.29 is 38.5 Å². The first kappa shape index (κ1) is 31.1. The van der Waals surface area contributed by atoms with Crippen LogP contribution in [0, 0.1) is 34.5 Å². The van der Waals surface area contributed by atoms with Gasteiger partial charge in [0.2, 0.25) is 0 Å². The molecule has 2 aliphatic carbocycles. The number of ether oxygens (including phenoxy) is 3. The monoisotopic (exact) mass is 524 g/mol. The molecular formula is C29H48O8. The molecule has 0 aromatic carbocycles. The second-order valence-electron chi connectivity index (χ2n) is 11.9. The van der Waals surface area contributed by atoms with E-state index in [9.17, 15) is 24.3 Å². The van der Waals surface area contributed by atoms with E-state index < -0.39 is 35.8 Å². The van der Waals surface area contributed by atoms with Crippen LogP contribution in [0.2, 0.25) is 0 Å². The predicted molar refractivity (Wildman–Crippen MR) is 138 cm³/mol. The highest BCUT2D eigenvalue weighted by Gasteiger charge is 2.63. The maximum atomic E-state index is 13.0. The summed E-state index contributed by atoms with van der Waals surface area (Å²) in [5.41, 5.74) is 0.136. The molecule has 2 saturated carbocycles. The summed E-state index contributed by atoms with van der Waals surface area (Å²) in [7, 11) is 0. The number of unbranched alkanes of at least 4 members (excludes halogenated alkanes) is 1. The summed E-state index contributed by atoms with van der Waals surface area (Å²) >= 11 is 0. The van der Waals surface area contributed by atoms with Gasteiger partial charge in [-0.05, 0) is 56.3 Å². The Bertz CT molecular complexity index is 821. The second-order valence-corrected chi connectivity index (χ2v) is 11.9. The number of rotatable bonds is 15. The van der Waals surface area contributed by atoms with E-state index in [4.69, 9.17) is 14.2 Å². The predicted octanol–water partition coefficient (Wildman–Crippen LogP) is 5.55. The van der Waals surface area contributed by atoms with E-state index in [-0.39, 0.29) is 48.3 Å². The summed E-state index contributed by atoms with van der Waals surface area (Å²) in [5.74, 6) is -4.64. The third-order valence-corrected chi connectivity index (χ3v) is 9.41. The molecule has 8 nitrogen and oxygen atoms in total. The highest BCUT2D eigenvalue weighted by Crippen LogP contribution is 2.66. The normalized spacial score (nSPS) is 27.1. The Labute approximate surface area is 222 Å². The molecular weight excluding hydrogens is 476 g/mol. The van der Waals surface area contributed by atoms with Crippen molar-refractivity contribution in [1.29, 1.82) is 0 Å². The van der Waals surface area contributed by atoms with Crippen LogP contribution < -0.4 is 0 Å². The zero-order valence-electron chi connectivity index (χ0n) is 23.8. The molecule has 2 fully saturated rings. The molecule has 1 N–H and O–H groups in total. The van der Waals surface area contributed by atoms with Crippen LogP contribution in [-0.2, 0) is 33.4 Å². The van der Waals surface area contributed by atoms with Crippen molar-refractivity contribution in [2.24, 2.45) is 34.5 Å². The van der Waals surface area contributed by atoms with Crippen molar-refractivity contribution in [3.63, 3.8) is 0 Å². The average Bonchev–Trinajstić information content (AvgIpc) is 3.15. The van der Waals surface area contributed by atoms with Crippen LogP contribution in [-0.4, -0.2) is 47.8 Å². The van der Waals surface area contributed by atoms with Crippen molar-refractivity contribution >= 4 is 23.9 Å². The van der Waals surface area contributed by atoms with E-state index in [0.717, 1.165) is 19.3 Å². The second kappa shape index (κ2) is 13.1. The van der Waals surface area contributed by atoms with Gasteiger partial charge in [-0.15, -0.1) is 0 Å². The fourth-order valence-electron chi connectivity index (χ4n) is 6.41. The maximum Gasteiger partial charge on any atom is 0.311 e. The lowest BCUT2D eigenvalue weighted by molar-refractivity contribution is -0.169. The smallest absolute Gasteiger partial charge is 0.311 e. The standard InChI is InChI=1S/C29H48O8/c1-8-10-16-35-27(34)21(24(25(31)32)22(9-2)36-19(4)30)13-11-12-18(3)26(33)37-23-17-20-14-15-29(23,7)28(20,5)6/h18,20-24H,8-17H2,1-7H3,(H,31,32). The van der Waals surface area contributed by atoms with Crippen LogP contribution >= 0.6 is 0 Å². The van der Waals surface area contributed by atoms with Crippen LogP contribution in [0.15, 0.2) is 0 Å². The lowest BCUT2D eigenvalue weighted by Crippen LogP contribution is -2.41. The van der Waals surface area contributed by atoms with Gasteiger partial charge in [0, 0.05) is 12.3 Å². The van der Waals surface area contributed by atoms with Crippen molar-refractivity contribution in [2.75, 3.05) is 6.61 Å². The molecule has 0 aromatic rings. The maximum absolute atomic E-state index is 13.0. The van der Waals surface area contributed by atoms with Crippen LogP contribution in [0.25, 0.3) is 0 Å². The molecule has 2 rings (SSSR count). The summed E-state index contributed by atoms with van der Waals surface area (Å²) in [5, 5.41) is 9.98. The summed E-state index contributed by atoms with van der Waals surface area (Å²) in [6.07, 6.45) is 5.03. The first-order valence-electron chi connectivity index (χ1n) is 14.1. The Morgan fingerprint density at radius 3 is 2.19 bits per heavy atom. The Morgan fingerprint density at radius 1 is 1.03 bits per heavy atom. The van der Waals surface area contributed by atoms with E-state index in [0.29, 0.717) is 25.2 Å². The molecule has 2 aliphatic rings. The Morgan fingerprint density at radius 2 is 1.70 bits per heavy atom. The lowest BCUT2D eigenvalue weighted by Gasteiger charge is -2.38. The zero-order valence-corrected chi connectivity index (χ0v) is 23.8. The zero-order chi connectivity index (χ0) is 28.0. The summed E-state index contributed by atoms with van der Waals surface area (Å²) in [6.45, 7) is 13.7. The minimum Gasteiger partial charge on any atom is -0.481 e. The number of hydrogen-bond acceptors (Lipinski definition) is 7. The summed E-state index contributed by atoms with van der Waals surface area (Å²) < 4.78 is 16.7. The number of carbonyl (C=O) groups excluding carboxylic acids is 3. The van der Waals surface area contributed by atoms with E-state index in [2.05, 4.69) is 20.8 Å². The van der Waals surface area contributed by atoms with E-state index >= 15 is 0 Å². The van der Waals surface area contributed by atoms with E-state index in [1.54, 1.807) is 6.92 Å². The molecule has 37 heavy (non-hydrogen) atoms. The minimum absolute atomic E-state index is 0.0129. The van der Waals surface area contributed by atoms with Crippen LogP contribution in [0.3, 0.4) is 0 Å². The van der Waals surface area contributed by atoms with E-state index in [1.807, 2.05) is 13.8 Å². The molecule has 0 aromatic heterocycles. The van der Waals surface area contributed by atoms with E-state index in [1.165, 1.54) is 13.3 Å². The molecule has 0 saturated heterocycles. The van der Waals surface area contributed by atoms with Gasteiger partial charge in [-0.25, -0.2) is 0 Å². The molecule has 0 radical (unpaired) electrons. The molecule has 0 aliphatic heterocycles. The van der Waals surface area contributed by atoms with Crippen molar-refractivity contribution in [3.8, 4) is 0 Å². The number of aliphatic carboxylic acids is 1. The minimum atomic E-state index is -1.22. The van der Waals surface area contributed by atoms with Gasteiger partial charge < -0.3 is 19.3 Å². The summed E-state index contributed by atoms with van der Waals surface area (Å²) in [6, 6.07) is 0. The SMILES string of the molecule is CCCCOC(=O)C(CCCC(C)C(=O)OC1CC2CCC1(C)C2(C)C)C(C(=O)O)C(CC)OC(C)=O. The topological polar surface area (TPSA) is 116 Å². The van der Waals surface area contributed by atoms with Gasteiger partial charge in [-0.2, -0.15) is 0 Å². The average molecular weight is 525 g/mol. The van der Waals surface area contributed by atoms with Crippen LogP contribution in [0.4, 0.5) is 0 Å². The van der Waals surface area contributed by atoms with Gasteiger partial charge in [-0.1, -0.05) is 54.4 Å². The molecule has 8 heteroatoms. The summed E-state index contributed by atoms with van der Waals surface area (Å²) in [4.78, 5) is 49.7. The van der Waals surface area contributed by atoms with Crippen molar-refractivity contribution in [2.45, 2.75) is 118 Å². The highest BCUT2D eigenvalue weighted by atomic mass is 16.6. The fourth-order valence-corrected chi connectivity index (χ4v) is 6.41. The number of hydrogen-bond donors (Lipinski definition) is 1. The Hall–Kier alpha value is -2.12. The van der Waals surface area contributed by atoms with Gasteiger partial charge in [0.25, 0.3) is 0 Å². The van der Waals surface area contributed by atoms with Crippen molar-refractivity contribution in [1.82, 2.24) is 0 Å². The van der Waals surface area contributed by atoms with Crippen molar-refractivity contribution in [3.05, 3.63) is 0 Å². The fraction of sp³-hybridized carbons (Fsp3) is 0.862. The third kappa shape index (κ3) is 7.05. The number of carboxylic acids is 1. The van der Waals surface area contributed by atoms with Gasteiger partial charge in [0.05, 0.1) is 18.4 Å². The highest BCUT2D eigenvalue weighted by molar-refractivity contribution is 5.82. The molecule has 212 valence electrons.